The first-order chi connectivity index (χ1) is 5.81. The van der Waals surface area contributed by atoms with Crippen molar-refractivity contribution in [1.29, 1.82) is 5.59 Å². The molecule has 0 unspecified atom stereocenters. The van der Waals surface area contributed by atoms with E-state index in [0.29, 0.717) is 6.04 Å². The molecular formula is C9H21N3O. The Hall–Kier alpha value is -0.480. The van der Waals surface area contributed by atoms with Gasteiger partial charge in [-0.2, -0.15) is 4.91 Å². The number of nitrogens with one attached hydrogen (secondary N) is 2. The Labute approximate surface area is 80.0 Å². The highest BCUT2D eigenvalue weighted by Gasteiger charge is 2.35. The molecule has 1 fully saturated rings. The Bertz CT molecular complexity index is 152. The Kier molecular flexibility index (Phi) is 4.00. The fourth-order valence-corrected chi connectivity index (χ4v) is 2.40. The molecular weight excluding hydrogens is 166 g/mol. The summed E-state index contributed by atoms with van der Waals surface area (Å²) >= 11 is 0. The van der Waals surface area contributed by atoms with Gasteiger partial charge in [-0.15, -0.1) is 0 Å². The van der Waals surface area contributed by atoms with E-state index in [1.54, 1.807) is 0 Å². The zero-order chi connectivity index (χ0) is 10.7. The normalized spacial score (nSPS) is 25.9. The molecule has 13 heavy (non-hydrogen) atoms. The fourth-order valence-electron chi connectivity index (χ4n) is 2.40. The lowest BCUT2D eigenvalue weighted by atomic mass is 9.80. The monoisotopic (exact) mass is 187 g/mol. The Morgan fingerprint density at radius 2 is 1.46 bits per heavy atom. The van der Waals surface area contributed by atoms with E-state index in [1.165, 1.54) is 0 Å². The van der Waals surface area contributed by atoms with Crippen molar-refractivity contribution >= 4 is 0 Å². The topological polar surface area (TPSA) is 79.0 Å². The van der Waals surface area contributed by atoms with Crippen molar-refractivity contribution in [2.24, 2.45) is 5.73 Å². The maximum Gasteiger partial charge on any atom is 0.0144 e. The van der Waals surface area contributed by atoms with E-state index in [-0.39, 0.29) is 11.1 Å². The number of nitrogens with two attached hydrogens (primary N) is 1. The van der Waals surface area contributed by atoms with Crippen molar-refractivity contribution < 1.29 is 0 Å². The summed E-state index contributed by atoms with van der Waals surface area (Å²) in [5.74, 6) is 0. The van der Waals surface area contributed by atoms with Gasteiger partial charge in [0.15, 0.2) is 0 Å². The molecule has 0 aromatic carbocycles. The van der Waals surface area contributed by atoms with Crippen molar-refractivity contribution in [1.82, 2.24) is 5.32 Å². The molecule has 4 N–H and O–H groups in total. The third kappa shape index (κ3) is 4.33. The average molecular weight is 187 g/mol. The van der Waals surface area contributed by atoms with Gasteiger partial charge < -0.3 is 11.1 Å². The van der Waals surface area contributed by atoms with Crippen LogP contribution in [0.1, 0.15) is 40.5 Å². The van der Waals surface area contributed by atoms with Gasteiger partial charge in [-0.3, -0.25) is 0 Å². The van der Waals surface area contributed by atoms with E-state index in [4.69, 9.17) is 10.6 Å². The number of hydrogen-bond donors (Lipinski definition) is 3. The summed E-state index contributed by atoms with van der Waals surface area (Å²) in [6, 6.07) is 0.362. The summed E-state index contributed by atoms with van der Waals surface area (Å²) in [6.07, 6.45) is 2.16. The molecule has 78 valence electrons. The average Bonchev–Trinajstić information content (AvgIpc) is 1.82. The van der Waals surface area contributed by atoms with Crippen molar-refractivity contribution in [3.05, 3.63) is 4.91 Å². The molecule has 0 radical (unpaired) electrons. The van der Waals surface area contributed by atoms with Gasteiger partial charge >= 0.3 is 0 Å². The number of hydrogen-bond acceptors (Lipinski definition) is 4. The standard InChI is InChI=1S/C9H20N2.HNO/c1-8(2)5-7(10)6-9(3,4)11-8;1-2/h7,11H,5-6,10H2,1-4H3;1H. The number of piperidine rings is 1. The minimum Gasteiger partial charge on any atom is -0.328 e. The summed E-state index contributed by atoms with van der Waals surface area (Å²) in [4.78, 5) is 7.50. The molecule has 0 aromatic heterocycles. The maximum atomic E-state index is 7.50. The molecule has 0 aromatic rings. The first kappa shape index (κ1) is 12.5. The van der Waals surface area contributed by atoms with Crippen molar-refractivity contribution in [2.75, 3.05) is 0 Å². The third-order valence-electron chi connectivity index (χ3n) is 2.22. The van der Waals surface area contributed by atoms with Crippen LogP contribution in [0.4, 0.5) is 0 Å². The van der Waals surface area contributed by atoms with Crippen molar-refractivity contribution in [3.8, 4) is 0 Å². The highest BCUT2D eigenvalue weighted by Crippen LogP contribution is 2.26. The van der Waals surface area contributed by atoms with Gasteiger partial charge in [-0.1, -0.05) is 5.59 Å². The summed E-state index contributed by atoms with van der Waals surface area (Å²) in [5.41, 5.74) is 10.9. The van der Waals surface area contributed by atoms with Crippen LogP contribution in [0.2, 0.25) is 0 Å². The van der Waals surface area contributed by atoms with Crippen LogP contribution >= 0.6 is 0 Å². The van der Waals surface area contributed by atoms with Crippen LogP contribution in [-0.2, 0) is 0 Å². The van der Waals surface area contributed by atoms with E-state index in [0.717, 1.165) is 12.8 Å². The SMILES string of the molecule is CC1(C)CC(N)CC(C)(C)N1.N=O. The lowest BCUT2D eigenvalue weighted by Crippen LogP contribution is -2.60. The van der Waals surface area contributed by atoms with Crippen LogP contribution in [-0.4, -0.2) is 17.1 Å². The molecule has 1 heterocycles. The van der Waals surface area contributed by atoms with E-state index >= 15 is 0 Å². The highest BCUT2D eigenvalue weighted by molar-refractivity contribution is 4.98. The van der Waals surface area contributed by atoms with Gasteiger partial charge in [0, 0.05) is 17.1 Å². The molecule has 0 amide bonds. The molecule has 1 saturated heterocycles. The predicted molar refractivity (Wildman–Crippen MR) is 54.6 cm³/mol. The summed E-state index contributed by atoms with van der Waals surface area (Å²) in [7, 11) is 0. The van der Waals surface area contributed by atoms with Gasteiger partial charge in [-0.25, -0.2) is 0 Å². The van der Waals surface area contributed by atoms with Crippen LogP contribution in [0.15, 0.2) is 0 Å². The second kappa shape index (κ2) is 4.15. The quantitative estimate of drug-likeness (QED) is 0.504. The molecule has 0 aliphatic carbocycles. The van der Waals surface area contributed by atoms with Gasteiger partial charge in [0.25, 0.3) is 0 Å². The largest absolute Gasteiger partial charge is 0.328 e. The molecule has 0 atom stereocenters. The van der Waals surface area contributed by atoms with Gasteiger partial charge in [0.1, 0.15) is 0 Å². The minimum atomic E-state index is 0.209. The highest BCUT2D eigenvalue weighted by atomic mass is 16.2. The smallest absolute Gasteiger partial charge is 0.0144 e. The van der Waals surface area contributed by atoms with Crippen molar-refractivity contribution in [2.45, 2.75) is 57.7 Å². The molecule has 4 nitrogen and oxygen atoms in total. The molecule has 0 spiro atoms. The fraction of sp³-hybridized carbons (Fsp3) is 1.00. The van der Waals surface area contributed by atoms with E-state index < -0.39 is 0 Å². The van der Waals surface area contributed by atoms with E-state index in [1.807, 2.05) is 0 Å². The Balaban J connectivity index is 0.000000671. The zero-order valence-corrected chi connectivity index (χ0v) is 8.98. The Morgan fingerprint density at radius 3 is 1.69 bits per heavy atom. The van der Waals surface area contributed by atoms with Crippen LogP contribution in [0, 0.1) is 10.5 Å². The third-order valence-corrected chi connectivity index (χ3v) is 2.22. The van der Waals surface area contributed by atoms with Crippen LogP contribution in [0.5, 0.6) is 0 Å². The number of nitroso groups, excluding NO2 is 1. The molecule has 4 heteroatoms. The van der Waals surface area contributed by atoms with Crippen LogP contribution < -0.4 is 11.1 Å². The van der Waals surface area contributed by atoms with Gasteiger partial charge in [-0.05, 0) is 40.5 Å². The minimum absolute atomic E-state index is 0.209. The van der Waals surface area contributed by atoms with E-state index in [2.05, 4.69) is 38.6 Å². The second-order valence-electron chi connectivity index (χ2n) is 5.06. The Morgan fingerprint density at radius 1 is 1.15 bits per heavy atom. The maximum absolute atomic E-state index is 7.50. The molecule has 1 aliphatic heterocycles. The molecule has 1 rings (SSSR count). The molecule has 0 bridgehead atoms. The zero-order valence-electron chi connectivity index (χ0n) is 8.98. The molecule has 0 saturated carbocycles. The first-order valence-electron chi connectivity index (χ1n) is 4.56. The van der Waals surface area contributed by atoms with Crippen LogP contribution in [0.25, 0.3) is 0 Å². The van der Waals surface area contributed by atoms with Gasteiger partial charge in [0.2, 0.25) is 0 Å². The number of rotatable bonds is 0. The summed E-state index contributed by atoms with van der Waals surface area (Å²) in [5, 5.41) is 3.58. The lowest BCUT2D eigenvalue weighted by molar-refractivity contribution is 0.163. The van der Waals surface area contributed by atoms with Crippen LogP contribution in [0.3, 0.4) is 0 Å². The first-order valence-corrected chi connectivity index (χ1v) is 4.56. The van der Waals surface area contributed by atoms with E-state index in [9.17, 15) is 0 Å². The lowest BCUT2D eigenvalue weighted by Gasteiger charge is -2.45. The summed E-state index contributed by atoms with van der Waals surface area (Å²) in [6.45, 7) is 8.86. The molecule has 1 aliphatic rings. The van der Waals surface area contributed by atoms with Gasteiger partial charge in [0.05, 0.1) is 0 Å². The summed E-state index contributed by atoms with van der Waals surface area (Å²) < 4.78 is 0. The second-order valence-corrected chi connectivity index (χ2v) is 5.06. The predicted octanol–water partition coefficient (Wildman–Crippen LogP) is 1.59. The van der Waals surface area contributed by atoms with Crippen molar-refractivity contribution in [3.63, 3.8) is 0 Å².